The van der Waals surface area contributed by atoms with Crippen LogP contribution in [0.2, 0.25) is 0 Å². The molecule has 2 amide bonds. The highest BCUT2D eigenvalue weighted by molar-refractivity contribution is 9.10. The van der Waals surface area contributed by atoms with E-state index >= 15 is 0 Å². The molecular formula is C23H29BrN2O2. The Morgan fingerprint density at radius 3 is 2.32 bits per heavy atom. The Morgan fingerprint density at radius 1 is 1.00 bits per heavy atom. The Bertz CT molecular complexity index is 777. The number of nitrogens with zero attached hydrogens (tertiary/aromatic N) is 1. The van der Waals surface area contributed by atoms with Gasteiger partial charge in [0.1, 0.15) is 6.04 Å². The molecule has 1 atom stereocenters. The van der Waals surface area contributed by atoms with Crippen molar-refractivity contribution >= 4 is 27.7 Å². The largest absolute Gasteiger partial charge is 0.354 e. The molecule has 28 heavy (non-hydrogen) atoms. The molecule has 2 aromatic rings. The van der Waals surface area contributed by atoms with Crippen LogP contribution in [0.3, 0.4) is 0 Å². The highest BCUT2D eigenvalue weighted by Crippen LogP contribution is 2.17. The minimum atomic E-state index is -0.527. The van der Waals surface area contributed by atoms with E-state index in [0.717, 1.165) is 15.6 Å². The Morgan fingerprint density at radius 2 is 1.68 bits per heavy atom. The first-order valence-electron chi connectivity index (χ1n) is 9.72. The second kappa shape index (κ2) is 11.0. The van der Waals surface area contributed by atoms with E-state index in [4.69, 9.17) is 0 Å². The van der Waals surface area contributed by atoms with Gasteiger partial charge in [0, 0.05) is 24.0 Å². The van der Waals surface area contributed by atoms with Gasteiger partial charge in [-0.05, 0) is 42.5 Å². The van der Waals surface area contributed by atoms with Gasteiger partial charge in [0.25, 0.3) is 0 Å². The van der Waals surface area contributed by atoms with Gasteiger partial charge in [0.2, 0.25) is 11.8 Å². The number of amides is 2. The molecule has 1 unspecified atom stereocenters. The van der Waals surface area contributed by atoms with Crippen molar-refractivity contribution in [1.82, 2.24) is 10.2 Å². The van der Waals surface area contributed by atoms with Gasteiger partial charge in [-0.1, -0.05) is 72.2 Å². The van der Waals surface area contributed by atoms with Crippen molar-refractivity contribution in [2.24, 2.45) is 5.92 Å². The molecule has 4 nitrogen and oxygen atoms in total. The fraction of sp³-hybridized carbons (Fsp3) is 0.391. The van der Waals surface area contributed by atoms with Gasteiger partial charge in [-0.3, -0.25) is 9.59 Å². The summed E-state index contributed by atoms with van der Waals surface area (Å²) in [6.45, 7) is 6.91. The third-order valence-electron chi connectivity index (χ3n) is 4.56. The molecule has 150 valence electrons. The summed E-state index contributed by atoms with van der Waals surface area (Å²) in [5, 5.41) is 2.95. The third-order valence-corrected chi connectivity index (χ3v) is 5.06. The third kappa shape index (κ3) is 7.12. The smallest absolute Gasteiger partial charge is 0.242 e. The van der Waals surface area contributed by atoms with Gasteiger partial charge in [0.15, 0.2) is 0 Å². The van der Waals surface area contributed by atoms with E-state index in [0.29, 0.717) is 31.8 Å². The predicted octanol–water partition coefficient (Wildman–Crippen LogP) is 4.57. The molecule has 0 heterocycles. The predicted molar refractivity (Wildman–Crippen MR) is 117 cm³/mol. The topological polar surface area (TPSA) is 49.4 Å². The number of nitrogens with one attached hydrogen (secondary N) is 1. The van der Waals surface area contributed by atoms with E-state index in [1.54, 1.807) is 11.8 Å². The van der Waals surface area contributed by atoms with Crippen molar-refractivity contribution in [1.29, 1.82) is 0 Å². The van der Waals surface area contributed by atoms with E-state index in [1.807, 2.05) is 54.6 Å². The van der Waals surface area contributed by atoms with Crippen molar-refractivity contribution < 1.29 is 9.59 Å². The maximum absolute atomic E-state index is 13.0. The van der Waals surface area contributed by atoms with Gasteiger partial charge in [-0.2, -0.15) is 0 Å². The first kappa shape index (κ1) is 22.2. The van der Waals surface area contributed by atoms with E-state index in [2.05, 4.69) is 35.1 Å². The molecule has 1 N–H and O–H groups in total. The Hall–Kier alpha value is -2.14. The van der Waals surface area contributed by atoms with Gasteiger partial charge < -0.3 is 10.2 Å². The van der Waals surface area contributed by atoms with Crippen LogP contribution in [0, 0.1) is 5.92 Å². The van der Waals surface area contributed by atoms with Crippen LogP contribution in [0.5, 0.6) is 0 Å². The van der Waals surface area contributed by atoms with Crippen LogP contribution in [-0.4, -0.2) is 29.3 Å². The summed E-state index contributed by atoms with van der Waals surface area (Å²) in [5.74, 6) is 0.233. The molecule has 0 fully saturated rings. The summed E-state index contributed by atoms with van der Waals surface area (Å²) in [6, 6.07) is 17.3. The summed E-state index contributed by atoms with van der Waals surface area (Å²) in [5.41, 5.74) is 2.11. The number of carbonyl (C=O) groups excluding carboxylic acids is 2. The molecule has 5 heteroatoms. The molecule has 0 saturated heterocycles. The standard InChI is InChI=1S/C23H29BrN2O2/c1-17(2)15-25-23(28)18(3)26(16-20-10-7-11-21(24)14-20)22(27)13-12-19-8-5-4-6-9-19/h4-11,14,17-18H,12-13,15-16H2,1-3H3,(H,25,28). The maximum atomic E-state index is 13.0. The van der Waals surface area contributed by atoms with Crippen molar-refractivity contribution in [2.75, 3.05) is 6.54 Å². The monoisotopic (exact) mass is 444 g/mol. The second-order valence-electron chi connectivity index (χ2n) is 7.45. The van der Waals surface area contributed by atoms with Crippen LogP contribution in [0.4, 0.5) is 0 Å². The Balaban J connectivity index is 2.11. The van der Waals surface area contributed by atoms with E-state index < -0.39 is 6.04 Å². The molecule has 0 radical (unpaired) electrons. The summed E-state index contributed by atoms with van der Waals surface area (Å²) in [4.78, 5) is 27.3. The molecule has 0 aromatic heterocycles. The van der Waals surface area contributed by atoms with Crippen molar-refractivity contribution in [3.63, 3.8) is 0 Å². The summed E-state index contributed by atoms with van der Waals surface area (Å²) in [6.07, 6.45) is 1.04. The van der Waals surface area contributed by atoms with Gasteiger partial charge >= 0.3 is 0 Å². The van der Waals surface area contributed by atoms with Crippen LogP contribution in [0.15, 0.2) is 59.1 Å². The van der Waals surface area contributed by atoms with Crippen molar-refractivity contribution in [2.45, 2.75) is 46.2 Å². The Kier molecular flexibility index (Phi) is 8.71. The molecular weight excluding hydrogens is 416 g/mol. The van der Waals surface area contributed by atoms with E-state index in [1.165, 1.54) is 0 Å². The molecule has 0 saturated carbocycles. The lowest BCUT2D eigenvalue weighted by Gasteiger charge is -2.29. The number of rotatable bonds is 9. The van der Waals surface area contributed by atoms with Crippen molar-refractivity contribution in [3.05, 3.63) is 70.2 Å². The minimum absolute atomic E-state index is 0.0176. The van der Waals surface area contributed by atoms with Crippen LogP contribution >= 0.6 is 15.9 Å². The molecule has 0 spiro atoms. The summed E-state index contributed by atoms with van der Waals surface area (Å²) < 4.78 is 0.957. The quantitative estimate of drug-likeness (QED) is 0.615. The van der Waals surface area contributed by atoms with Crippen LogP contribution in [0.1, 0.15) is 38.3 Å². The molecule has 0 aliphatic rings. The first-order valence-corrected chi connectivity index (χ1v) is 10.5. The van der Waals surface area contributed by atoms with Gasteiger partial charge in [-0.25, -0.2) is 0 Å². The fourth-order valence-electron chi connectivity index (χ4n) is 2.91. The average molecular weight is 445 g/mol. The van der Waals surface area contributed by atoms with Crippen LogP contribution in [0.25, 0.3) is 0 Å². The number of halogens is 1. The highest BCUT2D eigenvalue weighted by atomic mass is 79.9. The van der Waals surface area contributed by atoms with E-state index in [-0.39, 0.29) is 11.8 Å². The minimum Gasteiger partial charge on any atom is -0.354 e. The van der Waals surface area contributed by atoms with Crippen LogP contribution < -0.4 is 5.32 Å². The number of aryl methyl sites for hydroxylation is 1. The zero-order chi connectivity index (χ0) is 20.5. The summed E-state index contributed by atoms with van der Waals surface area (Å²) in [7, 11) is 0. The molecule has 2 rings (SSSR count). The average Bonchev–Trinajstić information content (AvgIpc) is 2.68. The number of carbonyl (C=O) groups is 2. The lowest BCUT2D eigenvalue weighted by molar-refractivity contribution is -0.140. The lowest BCUT2D eigenvalue weighted by atomic mass is 10.1. The zero-order valence-electron chi connectivity index (χ0n) is 16.8. The lowest BCUT2D eigenvalue weighted by Crippen LogP contribution is -2.48. The maximum Gasteiger partial charge on any atom is 0.242 e. The van der Waals surface area contributed by atoms with Gasteiger partial charge in [0.05, 0.1) is 0 Å². The van der Waals surface area contributed by atoms with Gasteiger partial charge in [-0.15, -0.1) is 0 Å². The van der Waals surface area contributed by atoms with Crippen LogP contribution in [-0.2, 0) is 22.6 Å². The number of benzene rings is 2. The molecule has 2 aromatic carbocycles. The normalized spacial score (nSPS) is 11.9. The summed E-state index contributed by atoms with van der Waals surface area (Å²) >= 11 is 3.47. The highest BCUT2D eigenvalue weighted by Gasteiger charge is 2.26. The zero-order valence-corrected chi connectivity index (χ0v) is 18.4. The first-order chi connectivity index (χ1) is 13.4. The van der Waals surface area contributed by atoms with E-state index in [9.17, 15) is 9.59 Å². The number of hydrogen-bond acceptors (Lipinski definition) is 2. The molecule has 0 aliphatic heterocycles. The number of hydrogen-bond donors (Lipinski definition) is 1. The second-order valence-corrected chi connectivity index (χ2v) is 8.37. The fourth-order valence-corrected chi connectivity index (χ4v) is 3.35. The molecule has 0 bridgehead atoms. The van der Waals surface area contributed by atoms with Crippen molar-refractivity contribution in [3.8, 4) is 0 Å². The molecule has 0 aliphatic carbocycles. The SMILES string of the molecule is CC(C)CNC(=O)C(C)N(Cc1cccc(Br)c1)C(=O)CCc1ccccc1. The Labute approximate surface area is 176 Å².